The topological polar surface area (TPSA) is 44.5 Å². The van der Waals surface area contributed by atoms with Crippen molar-refractivity contribution in [1.82, 2.24) is 0 Å². The van der Waals surface area contributed by atoms with E-state index >= 15 is 0 Å². The molecule has 0 aliphatic heterocycles. The van der Waals surface area contributed by atoms with Gasteiger partial charge in [-0.15, -0.1) is 0 Å². The number of benzene rings is 1. The van der Waals surface area contributed by atoms with E-state index in [1.54, 1.807) is 24.3 Å². The number of rotatable bonds is 7. The Balaban J connectivity index is 2.55. The zero-order valence-electron chi connectivity index (χ0n) is 9.93. The average molecular weight is 277 g/mol. The van der Waals surface area contributed by atoms with Gasteiger partial charge < -0.3 is 14.8 Å². The van der Waals surface area contributed by atoms with Crippen molar-refractivity contribution in [3.05, 3.63) is 24.3 Å². The predicted molar refractivity (Wildman–Crippen MR) is 71.8 cm³/mol. The number of thioether (sulfide) groups is 1. The molecule has 1 unspecified atom stereocenters. The third-order valence-corrected chi connectivity index (χ3v) is 4.72. The molecule has 0 saturated heterocycles. The minimum atomic E-state index is -1.49. The summed E-state index contributed by atoms with van der Waals surface area (Å²) in [4.78, 5) is 0.818. The smallest absolute Gasteiger partial charge is 0.219 e. The fourth-order valence-electron chi connectivity index (χ4n) is 1.11. The maximum absolute atomic E-state index is 13.9. The lowest BCUT2D eigenvalue weighted by Gasteiger charge is -2.18. The molecule has 0 heterocycles. The molecule has 2 N–H and O–H groups in total. The summed E-state index contributed by atoms with van der Waals surface area (Å²) in [7, 11) is -1.49. The maximum Gasteiger partial charge on any atom is 0.219 e. The van der Waals surface area contributed by atoms with Gasteiger partial charge in [0.1, 0.15) is 0 Å². The Morgan fingerprint density at radius 3 is 2.24 bits per heavy atom. The molecule has 0 spiro atoms. The highest BCUT2D eigenvalue weighted by Gasteiger charge is 2.24. The minimum absolute atomic E-state index is 0.453. The molecule has 0 bridgehead atoms. The standard InChI is InChI=1S/C11H17FNO2PS/c1-3-14-16(15-4-2)11(12)17-10-7-5-9(13)6-8-10/h5-8,11H,3-4,13H2,1-2H3. The van der Waals surface area contributed by atoms with Gasteiger partial charge in [-0.2, -0.15) is 0 Å². The molecule has 0 saturated carbocycles. The van der Waals surface area contributed by atoms with Crippen LogP contribution in [0, 0.1) is 0 Å². The molecular weight excluding hydrogens is 260 g/mol. The molecule has 96 valence electrons. The fraction of sp³-hybridized carbons (Fsp3) is 0.455. The van der Waals surface area contributed by atoms with Gasteiger partial charge in [0.05, 0.1) is 13.2 Å². The second kappa shape index (κ2) is 7.88. The number of anilines is 1. The van der Waals surface area contributed by atoms with Crippen LogP contribution in [0.2, 0.25) is 0 Å². The van der Waals surface area contributed by atoms with Crippen molar-refractivity contribution in [1.29, 1.82) is 0 Å². The molecule has 1 aromatic carbocycles. The molecule has 1 aromatic rings. The number of alkyl halides is 1. The van der Waals surface area contributed by atoms with E-state index in [4.69, 9.17) is 14.8 Å². The van der Waals surface area contributed by atoms with Gasteiger partial charge in [-0.05, 0) is 38.1 Å². The van der Waals surface area contributed by atoms with Crippen molar-refractivity contribution in [2.45, 2.75) is 24.0 Å². The molecule has 6 heteroatoms. The number of nitrogens with two attached hydrogens (primary N) is 1. The molecule has 0 fully saturated rings. The first-order chi connectivity index (χ1) is 8.17. The Kier molecular flexibility index (Phi) is 6.82. The van der Waals surface area contributed by atoms with Crippen LogP contribution in [-0.4, -0.2) is 18.5 Å². The lowest BCUT2D eigenvalue weighted by atomic mass is 10.3. The lowest BCUT2D eigenvalue weighted by Crippen LogP contribution is -2.00. The van der Waals surface area contributed by atoms with E-state index in [-0.39, 0.29) is 0 Å². The summed E-state index contributed by atoms with van der Waals surface area (Å²) in [6.07, 6.45) is 0. The van der Waals surface area contributed by atoms with E-state index in [1.807, 2.05) is 13.8 Å². The van der Waals surface area contributed by atoms with Crippen molar-refractivity contribution in [3.63, 3.8) is 0 Å². The Morgan fingerprint density at radius 2 is 1.76 bits per heavy atom. The van der Waals surface area contributed by atoms with Crippen LogP contribution >= 0.6 is 20.1 Å². The van der Waals surface area contributed by atoms with Crippen molar-refractivity contribution in [3.8, 4) is 0 Å². The van der Waals surface area contributed by atoms with E-state index in [0.717, 1.165) is 16.7 Å². The monoisotopic (exact) mass is 277 g/mol. The van der Waals surface area contributed by atoms with Crippen LogP contribution in [0.25, 0.3) is 0 Å². The van der Waals surface area contributed by atoms with Crippen LogP contribution in [0.3, 0.4) is 0 Å². The molecule has 0 radical (unpaired) electrons. The van der Waals surface area contributed by atoms with Crippen molar-refractivity contribution < 1.29 is 13.4 Å². The van der Waals surface area contributed by atoms with Gasteiger partial charge in [0, 0.05) is 10.6 Å². The fourth-order valence-corrected chi connectivity index (χ4v) is 3.52. The van der Waals surface area contributed by atoms with Crippen LogP contribution in [-0.2, 0) is 9.05 Å². The molecule has 0 aliphatic rings. The van der Waals surface area contributed by atoms with Crippen molar-refractivity contribution in [2.75, 3.05) is 18.9 Å². The van der Waals surface area contributed by atoms with Gasteiger partial charge in [-0.25, -0.2) is 4.39 Å². The zero-order valence-corrected chi connectivity index (χ0v) is 11.6. The van der Waals surface area contributed by atoms with E-state index < -0.39 is 13.6 Å². The highest BCUT2D eigenvalue weighted by atomic mass is 32.2. The maximum atomic E-state index is 13.9. The van der Waals surface area contributed by atoms with E-state index in [2.05, 4.69) is 0 Å². The third-order valence-electron chi connectivity index (χ3n) is 1.79. The van der Waals surface area contributed by atoms with Crippen LogP contribution in [0.1, 0.15) is 13.8 Å². The third kappa shape index (κ3) is 5.21. The Labute approximate surface area is 107 Å². The quantitative estimate of drug-likeness (QED) is 0.465. The second-order valence-corrected chi connectivity index (χ2v) is 6.11. The zero-order chi connectivity index (χ0) is 12.7. The molecular formula is C11H17FNO2PS. The molecule has 0 aromatic heterocycles. The van der Waals surface area contributed by atoms with Crippen molar-refractivity contribution >= 4 is 25.8 Å². The Hall–Kier alpha value is -0.350. The summed E-state index contributed by atoms with van der Waals surface area (Å²) in [6, 6.07) is 7.08. The van der Waals surface area contributed by atoms with Crippen LogP contribution in [0.15, 0.2) is 29.2 Å². The summed E-state index contributed by atoms with van der Waals surface area (Å²) in [6.45, 7) is 4.56. The summed E-state index contributed by atoms with van der Waals surface area (Å²) in [5.74, 6) is 0. The molecule has 1 rings (SSSR count). The first kappa shape index (κ1) is 14.7. The predicted octanol–water partition coefficient (Wildman–Crippen LogP) is 4.00. The first-order valence-electron chi connectivity index (χ1n) is 5.38. The van der Waals surface area contributed by atoms with Crippen LogP contribution in [0.5, 0.6) is 0 Å². The molecule has 17 heavy (non-hydrogen) atoms. The van der Waals surface area contributed by atoms with Gasteiger partial charge in [0.15, 0.2) is 0 Å². The summed E-state index contributed by atoms with van der Waals surface area (Å²) >= 11 is 1.10. The number of nitrogen functional groups attached to an aromatic ring is 1. The summed E-state index contributed by atoms with van der Waals surface area (Å²) in [5.41, 5.74) is 6.23. The Bertz CT molecular complexity index is 320. The van der Waals surface area contributed by atoms with Gasteiger partial charge >= 0.3 is 0 Å². The largest absolute Gasteiger partial charge is 0.399 e. The van der Waals surface area contributed by atoms with Crippen molar-refractivity contribution in [2.24, 2.45) is 0 Å². The minimum Gasteiger partial charge on any atom is -0.399 e. The van der Waals surface area contributed by atoms with Gasteiger partial charge in [-0.3, -0.25) is 0 Å². The number of hydrogen-bond acceptors (Lipinski definition) is 4. The van der Waals surface area contributed by atoms with E-state index in [9.17, 15) is 4.39 Å². The highest BCUT2D eigenvalue weighted by molar-refractivity contribution is 8.04. The number of halogens is 1. The molecule has 3 nitrogen and oxygen atoms in total. The highest BCUT2D eigenvalue weighted by Crippen LogP contribution is 2.51. The molecule has 0 amide bonds. The van der Waals surface area contributed by atoms with Crippen LogP contribution < -0.4 is 5.73 Å². The van der Waals surface area contributed by atoms with Gasteiger partial charge in [0.2, 0.25) is 13.6 Å². The van der Waals surface area contributed by atoms with Crippen LogP contribution in [0.4, 0.5) is 10.1 Å². The summed E-state index contributed by atoms with van der Waals surface area (Å²) < 4.78 is 24.5. The van der Waals surface area contributed by atoms with Gasteiger partial charge in [-0.1, -0.05) is 11.8 Å². The Morgan fingerprint density at radius 1 is 1.24 bits per heavy atom. The van der Waals surface area contributed by atoms with Gasteiger partial charge in [0.25, 0.3) is 0 Å². The molecule has 0 aliphatic carbocycles. The number of hydrogen-bond donors (Lipinski definition) is 1. The first-order valence-corrected chi connectivity index (χ1v) is 7.51. The second-order valence-electron chi connectivity index (χ2n) is 3.10. The van der Waals surface area contributed by atoms with E-state index in [1.165, 1.54) is 0 Å². The van der Waals surface area contributed by atoms with E-state index in [0.29, 0.717) is 18.9 Å². The average Bonchev–Trinajstić information content (AvgIpc) is 2.32. The normalized spacial score (nSPS) is 12.9. The molecule has 1 atom stereocenters. The lowest BCUT2D eigenvalue weighted by molar-refractivity contribution is 0.255. The summed E-state index contributed by atoms with van der Waals surface area (Å²) in [5, 5.41) is -1.19. The SMILES string of the molecule is CCOP(OCC)C(F)Sc1ccc(N)cc1.